The maximum absolute atomic E-state index is 12.3. The molecule has 0 aliphatic rings. The lowest BCUT2D eigenvalue weighted by molar-refractivity contribution is 0.603. The molecule has 0 bridgehead atoms. The van der Waals surface area contributed by atoms with E-state index in [9.17, 15) is 8.42 Å². The lowest BCUT2D eigenvalue weighted by Gasteiger charge is -2.02. The highest BCUT2D eigenvalue weighted by Gasteiger charge is 2.20. The van der Waals surface area contributed by atoms with Gasteiger partial charge in [-0.2, -0.15) is 5.26 Å². The van der Waals surface area contributed by atoms with Crippen LogP contribution in [0.25, 0.3) is 6.08 Å². The van der Waals surface area contributed by atoms with Gasteiger partial charge in [0.15, 0.2) is 0 Å². The predicted molar refractivity (Wildman–Crippen MR) is 73.7 cm³/mol. The third-order valence-electron chi connectivity index (χ3n) is 2.55. The second-order valence-corrected chi connectivity index (χ2v) is 5.77. The van der Waals surface area contributed by atoms with E-state index in [4.69, 9.17) is 5.26 Å². The molecule has 4 heteroatoms. The van der Waals surface area contributed by atoms with Gasteiger partial charge in [0.25, 0.3) is 0 Å². The molecule has 94 valence electrons. The molecule has 19 heavy (non-hydrogen) atoms. The molecule has 0 radical (unpaired) electrons. The van der Waals surface area contributed by atoms with Gasteiger partial charge in [-0.05, 0) is 23.8 Å². The number of hydrogen-bond acceptors (Lipinski definition) is 3. The average molecular weight is 269 g/mol. The largest absolute Gasteiger partial charge is 0.218 e. The van der Waals surface area contributed by atoms with E-state index >= 15 is 0 Å². The second-order valence-electron chi connectivity index (χ2n) is 3.85. The molecular weight excluding hydrogens is 258 g/mol. The zero-order chi connectivity index (χ0) is 13.7. The fraction of sp³-hybridized carbons (Fsp3) is 0. The van der Waals surface area contributed by atoms with Crippen molar-refractivity contribution in [2.75, 3.05) is 0 Å². The number of allylic oxidation sites excluding steroid dienone is 1. The molecule has 3 nitrogen and oxygen atoms in total. The van der Waals surface area contributed by atoms with Gasteiger partial charge >= 0.3 is 0 Å². The molecular formula is C15H11NO2S. The fourth-order valence-electron chi connectivity index (χ4n) is 1.60. The summed E-state index contributed by atoms with van der Waals surface area (Å²) >= 11 is 0. The number of sulfone groups is 1. The minimum atomic E-state index is -3.75. The van der Waals surface area contributed by atoms with Crippen molar-refractivity contribution in [2.24, 2.45) is 0 Å². The molecule has 2 aromatic carbocycles. The summed E-state index contributed by atoms with van der Waals surface area (Å²) < 4.78 is 24.6. The Morgan fingerprint density at radius 3 is 2.00 bits per heavy atom. The lowest BCUT2D eigenvalue weighted by atomic mass is 10.2. The topological polar surface area (TPSA) is 57.9 Å². The number of nitrogens with zero attached hydrogens (tertiary/aromatic N) is 1. The van der Waals surface area contributed by atoms with Crippen LogP contribution >= 0.6 is 0 Å². The summed E-state index contributed by atoms with van der Waals surface area (Å²) in [7, 11) is -3.75. The van der Waals surface area contributed by atoms with Crippen molar-refractivity contribution in [3.8, 4) is 6.07 Å². The Labute approximate surface area is 112 Å². The minimum absolute atomic E-state index is 0.124. The first-order chi connectivity index (χ1) is 9.14. The number of nitriles is 1. The molecule has 0 spiro atoms. The van der Waals surface area contributed by atoms with E-state index in [2.05, 4.69) is 0 Å². The van der Waals surface area contributed by atoms with Crippen molar-refractivity contribution in [2.45, 2.75) is 4.90 Å². The van der Waals surface area contributed by atoms with Crippen molar-refractivity contribution in [1.29, 1.82) is 5.26 Å². The van der Waals surface area contributed by atoms with Gasteiger partial charge in [0, 0.05) is 0 Å². The van der Waals surface area contributed by atoms with E-state index in [-0.39, 0.29) is 9.80 Å². The van der Waals surface area contributed by atoms with Crippen LogP contribution in [0.5, 0.6) is 0 Å². The van der Waals surface area contributed by atoms with Gasteiger partial charge in [-0.3, -0.25) is 0 Å². The summed E-state index contributed by atoms with van der Waals surface area (Å²) in [6.07, 6.45) is 1.38. The first-order valence-electron chi connectivity index (χ1n) is 5.61. The van der Waals surface area contributed by atoms with Gasteiger partial charge in [0.2, 0.25) is 9.84 Å². The van der Waals surface area contributed by atoms with Crippen molar-refractivity contribution in [3.05, 3.63) is 71.1 Å². The second kappa shape index (κ2) is 5.51. The molecule has 0 N–H and O–H groups in total. The maximum Gasteiger partial charge on any atom is 0.216 e. The SMILES string of the molecule is N#C/C(=C/c1ccccc1)S(=O)(=O)c1ccccc1. The number of rotatable bonds is 3. The van der Waals surface area contributed by atoms with Gasteiger partial charge in [-0.1, -0.05) is 48.5 Å². The standard InChI is InChI=1S/C15H11NO2S/c16-12-15(11-13-7-3-1-4-8-13)19(17,18)14-9-5-2-6-10-14/h1-11H/b15-11-. The van der Waals surface area contributed by atoms with Crippen LogP contribution in [-0.4, -0.2) is 8.42 Å². The molecule has 0 aliphatic heterocycles. The highest BCUT2D eigenvalue weighted by atomic mass is 32.2. The smallest absolute Gasteiger partial charge is 0.216 e. The molecule has 0 unspecified atom stereocenters. The third kappa shape index (κ3) is 2.90. The summed E-state index contributed by atoms with van der Waals surface area (Å²) in [5.74, 6) is 0. The maximum atomic E-state index is 12.3. The number of hydrogen-bond donors (Lipinski definition) is 0. The van der Waals surface area contributed by atoms with E-state index in [0.29, 0.717) is 5.56 Å². The van der Waals surface area contributed by atoms with Crippen LogP contribution in [0.1, 0.15) is 5.56 Å². The first-order valence-corrected chi connectivity index (χ1v) is 7.10. The molecule has 0 saturated carbocycles. The number of benzene rings is 2. The van der Waals surface area contributed by atoms with E-state index < -0.39 is 9.84 Å². The Morgan fingerprint density at radius 2 is 1.47 bits per heavy atom. The summed E-state index contributed by atoms with van der Waals surface area (Å²) in [6, 6.07) is 18.6. The van der Waals surface area contributed by atoms with Gasteiger partial charge in [0.05, 0.1) is 4.90 Å². The molecule has 0 atom stereocenters. The van der Waals surface area contributed by atoms with E-state index in [1.165, 1.54) is 18.2 Å². The molecule has 0 aromatic heterocycles. The van der Waals surface area contributed by atoms with Gasteiger partial charge in [-0.25, -0.2) is 8.42 Å². The summed E-state index contributed by atoms with van der Waals surface area (Å²) in [6.45, 7) is 0. The highest BCUT2D eigenvalue weighted by Crippen LogP contribution is 2.20. The normalized spacial score (nSPS) is 11.8. The third-order valence-corrected chi connectivity index (χ3v) is 4.23. The van der Waals surface area contributed by atoms with Gasteiger partial charge in [0.1, 0.15) is 11.0 Å². The quantitative estimate of drug-likeness (QED) is 0.805. The predicted octanol–water partition coefficient (Wildman–Crippen LogP) is 3.02. The lowest BCUT2D eigenvalue weighted by Crippen LogP contribution is -2.03. The van der Waals surface area contributed by atoms with Crippen LogP contribution < -0.4 is 0 Å². The van der Waals surface area contributed by atoms with E-state index in [1.807, 2.05) is 6.07 Å². The summed E-state index contributed by atoms with van der Waals surface area (Å²) in [5, 5.41) is 9.09. The summed E-state index contributed by atoms with van der Waals surface area (Å²) in [5.41, 5.74) is 0.679. The van der Waals surface area contributed by atoms with Crippen LogP contribution in [0.2, 0.25) is 0 Å². The Balaban J connectivity index is 2.50. The fourth-order valence-corrected chi connectivity index (χ4v) is 2.78. The molecule has 0 heterocycles. The Kier molecular flexibility index (Phi) is 3.79. The van der Waals surface area contributed by atoms with E-state index in [0.717, 1.165) is 0 Å². The van der Waals surface area contributed by atoms with E-state index in [1.54, 1.807) is 48.5 Å². The van der Waals surface area contributed by atoms with Crippen LogP contribution in [0.3, 0.4) is 0 Å². The van der Waals surface area contributed by atoms with Crippen molar-refractivity contribution in [3.63, 3.8) is 0 Å². The zero-order valence-corrected chi connectivity index (χ0v) is 10.8. The van der Waals surface area contributed by atoms with Crippen LogP contribution in [0, 0.1) is 11.3 Å². The highest BCUT2D eigenvalue weighted by molar-refractivity contribution is 7.95. The van der Waals surface area contributed by atoms with Crippen molar-refractivity contribution in [1.82, 2.24) is 0 Å². The Morgan fingerprint density at radius 1 is 0.947 bits per heavy atom. The van der Waals surface area contributed by atoms with Crippen molar-refractivity contribution < 1.29 is 8.42 Å². The molecule has 0 aliphatic carbocycles. The van der Waals surface area contributed by atoms with Gasteiger partial charge in [-0.15, -0.1) is 0 Å². The zero-order valence-electron chi connectivity index (χ0n) is 10.0. The average Bonchev–Trinajstić information content (AvgIpc) is 2.46. The van der Waals surface area contributed by atoms with Crippen LogP contribution in [-0.2, 0) is 9.84 Å². The van der Waals surface area contributed by atoms with Crippen LogP contribution in [0.15, 0.2) is 70.5 Å². The molecule has 0 fully saturated rings. The minimum Gasteiger partial charge on any atom is -0.218 e. The molecule has 0 saturated heterocycles. The van der Waals surface area contributed by atoms with Crippen molar-refractivity contribution >= 4 is 15.9 Å². The summed E-state index contributed by atoms with van der Waals surface area (Å²) in [4.78, 5) is -0.136. The molecule has 2 rings (SSSR count). The van der Waals surface area contributed by atoms with Gasteiger partial charge < -0.3 is 0 Å². The monoisotopic (exact) mass is 269 g/mol. The molecule has 2 aromatic rings. The molecule has 0 amide bonds. The first kappa shape index (κ1) is 13.1. The Bertz CT molecular complexity index is 727. The van der Waals surface area contributed by atoms with Crippen LogP contribution in [0.4, 0.5) is 0 Å². The Hall–Kier alpha value is -2.38.